The summed E-state index contributed by atoms with van der Waals surface area (Å²) in [5, 5.41) is 28.2. The number of nitrogens with zero attached hydrogens (tertiary/aromatic N) is 5. The van der Waals surface area contributed by atoms with E-state index in [1.54, 1.807) is 29.4 Å². The maximum atomic E-state index is 12.2. The fourth-order valence-corrected chi connectivity index (χ4v) is 4.62. The number of hydrogen-bond acceptors (Lipinski definition) is 7. The molecular formula is C20H20F3N5O4S. The minimum absolute atomic E-state index is 0.0219. The van der Waals surface area contributed by atoms with E-state index in [2.05, 4.69) is 14.5 Å². The van der Waals surface area contributed by atoms with Crippen LogP contribution < -0.4 is 0 Å². The summed E-state index contributed by atoms with van der Waals surface area (Å²) in [7, 11) is 0. The highest BCUT2D eigenvalue weighted by Crippen LogP contribution is 2.35. The lowest BCUT2D eigenvalue weighted by Crippen LogP contribution is -2.40. The summed E-state index contributed by atoms with van der Waals surface area (Å²) in [4.78, 5) is 31.9. The molecule has 13 heteroatoms. The van der Waals surface area contributed by atoms with Gasteiger partial charge in [0.1, 0.15) is 23.9 Å². The van der Waals surface area contributed by atoms with Crippen molar-refractivity contribution in [1.29, 1.82) is 5.26 Å². The van der Waals surface area contributed by atoms with E-state index in [4.69, 9.17) is 15.2 Å². The molecule has 176 valence electrons. The summed E-state index contributed by atoms with van der Waals surface area (Å²) in [6.45, 7) is 2.91. The molecule has 0 aliphatic carbocycles. The van der Waals surface area contributed by atoms with Crippen LogP contribution in [0.2, 0.25) is 0 Å². The first-order chi connectivity index (χ1) is 15.5. The summed E-state index contributed by atoms with van der Waals surface area (Å²) in [5.74, 6) is -2.29. The van der Waals surface area contributed by atoms with E-state index in [0.29, 0.717) is 18.9 Å². The average molecular weight is 483 g/mol. The number of fused-ring (bicyclic) bond motifs is 3. The molecule has 2 N–H and O–H groups in total. The monoisotopic (exact) mass is 483 g/mol. The molecule has 33 heavy (non-hydrogen) atoms. The number of amides is 1. The van der Waals surface area contributed by atoms with Crippen LogP contribution in [0, 0.1) is 11.3 Å². The number of likely N-dealkylation sites (tertiary alicyclic amines) is 1. The molecule has 1 amide bonds. The third kappa shape index (κ3) is 5.23. The lowest BCUT2D eigenvalue weighted by atomic mass is 10.0. The van der Waals surface area contributed by atoms with Gasteiger partial charge in [0.15, 0.2) is 0 Å². The molecule has 4 heterocycles. The lowest BCUT2D eigenvalue weighted by Gasteiger charge is -2.34. The molecule has 1 saturated heterocycles. The van der Waals surface area contributed by atoms with Crippen molar-refractivity contribution in [3.63, 3.8) is 0 Å². The van der Waals surface area contributed by atoms with Gasteiger partial charge in [0.2, 0.25) is 5.91 Å². The predicted molar refractivity (Wildman–Crippen MR) is 112 cm³/mol. The van der Waals surface area contributed by atoms with E-state index in [1.807, 2.05) is 17.5 Å². The van der Waals surface area contributed by atoms with Crippen molar-refractivity contribution in [3.8, 4) is 6.07 Å². The number of rotatable bonds is 3. The van der Waals surface area contributed by atoms with Crippen molar-refractivity contribution in [2.75, 3.05) is 13.1 Å². The second-order valence-electron chi connectivity index (χ2n) is 7.42. The molecule has 2 atom stereocenters. The number of carbonyl (C=O) groups is 2. The highest BCUT2D eigenvalue weighted by atomic mass is 32.1. The molecule has 1 aliphatic rings. The Morgan fingerprint density at radius 2 is 2.09 bits per heavy atom. The Kier molecular flexibility index (Phi) is 7.19. The third-order valence-electron chi connectivity index (χ3n) is 5.11. The molecule has 4 rings (SSSR count). The summed E-state index contributed by atoms with van der Waals surface area (Å²) < 4.78 is 34.9. The molecule has 3 aromatic rings. The van der Waals surface area contributed by atoms with E-state index in [9.17, 15) is 23.1 Å². The molecule has 0 spiro atoms. The number of aliphatic hydroxyl groups excluding tert-OH is 1. The number of alkyl halides is 3. The zero-order valence-corrected chi connectivity index (χ0v) is 18.2. The highest BCUT2D eigenvalue weighted by molar-refractivity contribution is 7.18. The van der Waals surface area contributed by atoms with E-state index < -0.39 is 18.2 Å². The van der Waals surface area contributed by atoms with Gasteiger partial charge >= 0.3 is 12.1 Å². The van der Waals surface area contributed by atoms with Crippen LogP contribution in [0.5, 0.6) is 0 Å². The van der Waals surface area contributed by atoms with Crippen LogP contribution >= 0.6 is 11.3 Å². The second-order valence-corrected chi connectivity index (χ2v) is 8.33. The zero-order valence-electron chi connectivity index (χ0n) is 17.4. The van der Waals surface area contributed by atoms with Crippen LogP contribution in [0.4, 0.5) is 13.2 Å². The smallest absolute Gasteiger partial charge is 0.475 e. The van der Waals surface area contributed by atoms with Crippen molar-refractivity contribution in [1.82, 2.24) is 19.4 Å². The molecule has 0 radical (unpaired) electrons. The molecule has 0 bridgehead atoms. The number of carboxylic acid groups (broad SMARTS) is 1. The molecule has 1 aliphatic heterocycles. The Balaban J connectivity index is 0.000000383. The van der Waals surface area contributed by atoms with Gasteiger partial charge in [-0.05, 0) is 31.2 Å². The molecule has 0 unspecified atom stereocenters. The van der Waals surface area contributed by atoms with Gasteiger partial charge in [-0.15, -0.1) is 11.3 Å². The van der Waals surface area contributed by atoms with Gasteiger partial charge in [0, 0.05) is 13.1 Å². The number of aliphatic carboxylic acids is 1. The van der Waals surface area contributed by atoms with Gasteiger partial charge in [-0.25, -0.2) is 9.78 Å². The lowest BCUT2D eigenvalue weighted by molar-refractivity contribution is -0.192. The van der Waals surface area contributed by atoms with Crippen LogP contribution in [0.25, 0.3) is 21.3 Å². The first kappa shape index (κ1) is 24.4. The van der Waals surface area contributed by atoms with Gasteiger partial charge in [-0.1, -0.05) is 0 Å². The Morgan fingerprint density at radius 1 is 1.39 bits per heavy atom. The van der Waals surface area contributed by atoms with Crippen molar-refractivity contribution >= 4 is 44.5 Å². The summed E-state index contributed by atoms with van der Waals surface area (Å²) in [6.07, 6.45) is -2.40. The number of aliphatic hydroxyl groups is 1. The maximum absolute atomic E-state index is 12.2. The minimum Gasteiger partial charge on any atom is -0.475 e. The highest BCUT2D eigenvalue weighted by Gasteiger charge is 2.38. The number of nitriles is 1. The maximum Gasteiger partial charge on any atom is 0.490 e. The van der Waals surface area contributed by atoms with E-state index in [-0.39, 0.29) is 18.4 Å². The van der Waals surface area contributed by atoms with Crippen LogP contribution in [0.15, 0.2) is 17.6 Å². The van der Waals surface area contributed by atoms with Crippen molar-refractivity contribution < 1.29 is 33.0 Å². The minimum atomic E-state index is -5.08. The number of piperidine rings is 1. The zero-order chi connectivity index (χ0) is 24.3. The average Bonchev–Trinajstić information content (AvgIpc) is 3.38. The number of imidazole rings is 1. The van der Waals surface area contributed by atoms with Gasteiger partial charge in [0.05, 0.1) is 34.0 Å². The SMILES string of the molecule is C[C@@H](O)c1nc2cnc3ccsc3c2n1[C@H]1CCCN(C(=O)CC#N)C1.O=C(O)C(F)(F)F. The quantitative estimate of drug-likeness (QED) is 0.583. The number of hydrogen-bond donors (Lipinski definition) is 2. The molecule has 0 aromatic carbocycles. The molecule has 3 aromatic heterocycles. The van der Waals surface area contributed by atoms with Gasteiger partial charge < -0.3 is 19.7 Å². The number of halogens is 3. The Morgan fingerprint density at radius 3 is 2.70 bits per heavy atom. The molecule has 9 nitrogen and oxygen atoms in total. The van der Waals surface area contributed by atoms with Crippen molar-refractivity contribution in [2.24, 2.45) is 0 Å². The standard InChI is InChI=1S/C18H19N5O2S.C2HF3O2/c1-11(24)18-21-14-9-20-13-5-8-26-17(13)16(14)23(18)12-3-2-7-22(10-12)15(25)4-6-19;3-2(4,5)1(6)7/h5,8-9,11-12,24H,2-4,7,10H2,1H3;(H,6,7)/t11-,12+;/m1./s1. The molecular weight excluding hydrogens is 463 g/mol. The number of carbonyl (C=O) groups excluding carboxylic acids is 1. The first-order valence-electron chi connectivity index (χ1n) is 9.91. The topological polar surface area (TPSA) is 132 Å². The summed E-state index contributed by atoms with van der Waals surface area (Å²) >= 11 is 1.61. The van der Waals surface area contributed by atoms with Gasteiger partial charge in [-0.3, -0.25) is 9.78 Å². The normalized spacial score (nSPS) is 17.3. The van der Waals surface area contributed by atoms with Gasteiger partial charge in [0.25, 0.3) is 0 Å². The van der Waals surface area contributed by atoms with Crippen LogP contribution in [0.3, 0.4) is 0 Å². The molecule has 0 saturated carbocycles. The number of pyridine rings is 1. The Hall–Kier alpha value is -3.24. The van der Waals surface area contributed by atoms with Crippen LogP contribution in [-0.4, -0.2) is 60.8 Å². The third-order valence-corrected chi connectivity index (χ3v) is 6.02. The van der Waals surface area contributed by atoms with Crippen LogP contribution in [-0.2, 0) is 9.59 Å². The van der Waals surface area contributed by atoms with Crippen molar-refractivity contribution in [3.05, 3.63) is 23.5 Å². The van der Waals surface area contributed by atoms with E-state index in [0.717, 1.165) is 34.1 Å². The van der Waals surface area contributed by atoms with Gasteiger partial charge in [-0.2, -0.15) is 18.4 Å². The molecule has 1 fully saturated rings. The summed E-state index contributed by atoms with van der Waals surface area (Å²) in [6, 6.07) is 3.93. The number of aromatic nitrogens is 3. The second kappa shape index (κ2) is 9.72. The largest absolute Gasteiger partial charge is 0.490 e. The fourth-order valence-electron chi connectivity index (χ4n) is 3.73. The Labute approximate surface area is 189 Å². The fraction of sp³-hybridized carbons (Fsp3) is 0.450. The number of carboxylic acids is 1. The van der Waals surface area contributed by atoms with Crippen LogP contribution in [0.1, 0.15) is 44.2 Å². The number of thiophene rings is 1. The van der Waals surface area contributed by atoms with E-state index in [1.165, 1.54) is 0 Å². The Bertz CT molecular complexity index is 1210. The predicted octanol–water partition coefficient (Wildman–Crippen LogP) is 3.41. The van der Waals surface area contributed by atoms with Crippen molar-refractivity contribution in [2.45, 2.75) is 44.5 Å². The summed E-state index contributed by atoms with van der Waals surface area (Å²) in [5.41, 5.74) is 2.64. The van der Waals surface area contributed by atoms with E-state index >= 15 is 0 Å². The first-order valence-corrected chi connectivity index (χ1v) is 10.8.